The third-order valence-corrected chi connectivity index (χ3v) is 5.47. The molecule has 1 aromatic heterocycles. The van der Waals surface area contributed by atoms with E-state index in [2.05, 4.69) is 15.4 Å². The summed E-state index contributed by atoms with van der Waals surface area (Å²) in [7, 11) is 0. The van der Waals surface area contributed by atoms with Gasteiger partial charge < -0.3 is 9.73 Å². The maximum Gasteiger partial charge on any atom is 0.243 e. The van der Waals surface area contributed by atoms with E-state index < -0.39 is 0 Å². The first-order valence-electron chi connectivity index (χ1n) is 10.8. The number of hydrogen-bond donors (Lipinski definition) is 1. The van der Waals surface area contributed by atoms with Crippen LogP contribution >= 0.6 is 0 Å². The number of carbonyl (C=O) groups is 2. The highest BCUT2D eigenvalue weighted by atomic mass is 16.3. The van der Waals surface area contributed by atoms with Crippen LogP contribution in [0.4, 0.5) is 5.69 Å². The number of nitrogens with one attached hydrogen (secondary N) is 1. The molecule has 0 aliphatic carbocycles. The molecule has 0 bridgehead atoms. The Morgan fingerprint density at radius 1 is 0.879 bits per heavy atom. The van der Waals surface area contributed by atoms with Crippen LogP contribution in [0.15, 0.2) is 88.4 Å². The van der Waals surface area contributed by atoms with Crippen LogP contribution in [0.5, 0.6) is 0 Å². The molecule has 5 rings (SSSR count). The molecule has 0 saturated carbocycles. The third-order valence-electron chi connectivity index (χ3n) is 5.47. The Labute approximate surface area is 190 Å². The predicted molar refractivity (Wildman–Crippen MR) is 127 cm³/mol. The lowest BCUT2D eigenvalue weighted by Gasteiger charge is -2.11. The molecule has 2 heterocycles. The molecule has 33 heavy (non-hydrogen) atoms. The normalized spacial score (nSPS) is 13.2. The Hall–Kier alpha value is -4.26. The first-order chi connectivity index (χ1) is 16.2. The van der Waals surface area contributed by atoms with Crippen LogP contribution < -0.4 is 5.32 Å². The van der Waals surface area contributed by atoms with E-state index >= 15 is 0 Å². The Morgan fingerprint density at radius 3 is 2.42 bits per heavy atom. The van der Waals surface area contributed by atoms with E-state index in [4.69, 9.17) is 4.42 Å². The molecule has 0 saturated heterocycles. The largest absolute Gasteiger partial charge is 0.436 e. The average molecular weight is 438 g/mol. The fourth-order valence-electron chi connectivity index (χ4n) is 3.74. The van der Waals surface area contributed by atoms with Crippen molar-refractivity contribution in [3.8, 4) is 11.5 Å². The van der Waals surface area contributed by atoms with Crippen molar-refractivity contribution >= 4 is 34.3 Å². The van der Waals surface area contributed by atoms with Gasteiger partial charge >= 0.3 is 0 Å². The molecular formula is C26H22N4O3. The zero-order valence-corrected chi connectivity index (χ0v) is 17.9. The summed E-state index contributed by atoms with van der Waals surface area (Å²) >= 11 is 0. The fraction of sp³-hybridized carbons (Fsp3) is 0.154. The summed E-state index contributed by atoms with van der Waals surface area (Å²) in [6.45, 7) is 0.544. The van der Waals surface area contributed by atoms with Gasteiger partial charge in [0.2, 0.25) is 17.7 Å². The lowest BCUT2D eigenvalue weighted by molar-refractivity contribution is -0.132. The van der Waals surface area contributed by atoms with E-state index in [0.29, 0.717) is 24.5 Å². The van der Waals surface area contributed by atoms with Crippen molar-refractivity contribution in [3.05, 3.63) is 84.4 Å². The van der Waals surface area contributed by atoms with Crippen molar-refractivity contribution in [1.82, 2.24) is 9.99 Å². The van der Waals surface area contributed by atoms with Crippen LogP contribution in [0.2, 0.25) is 0 Å². The number of benzene rings is 3. The SMILES string of the molecule is O=C(CCC(=O)N1CCC(c2ccccc2)=N1)Nc1ccc(-c2nc3ccccc3o2)cc1. The van der Waals surface area contributed by atoms with Crippen LogP contribution in [0.1, 0.15) is 24.8 Å². The molecule has 1 aliphatic heterocycles. The van der Waals surface area contributed by atoms with Crippen LogP contribution in [0.3, 0.4) is 0 Å². The summed E-state index contributed by atoms with van der Waals surface area (Å²) in [5.41, 5.74) is 4.91. The summed E-state index contributed by atoms with van der Waals surface area (Å²) in [5, 5.41) is 8.72. The minimum atomic E-state index is -0.218. The molecule has 0 atom stereocenters. The van der Waals surface area contributed by atoms with Crippen molar-refractivity contribution in [2.24, 2.45) is 5.10 Å². The van der Waals surface area contributed by atoms with E-state index in [-0.39, 0.29) is 24.7 Å². The van der Waals surface area contributed by atoms with Crippen LogP contribution in [-0.2, 0) is 9.59 Å². The zero-order chi connectivity index (χ0) is 22.6. The second-order valence-corrected chi connectivity index (χ2v) is 7.79. The summed E-state index contributed by atoms with van der Waals surface area (Å²) in [5.74, 6) is 0.160. The van der Waals surface area contributed by atoms with Crippen molar-refractivity contribution in [3.63, 3.8) is 0 Å². The number of anilines is 1. The first kappa shape index (κ1) is 20.6. The van der Waals surface area contributed by atoms with Gasteiger partial charge in [-0.25, -0.2) is 9.99 Å². The van der Waals surface area contributed by atoms with Gasteiger partial charge in [0, 0.05) is 30.5 Å². The molecule has 7 nitrogen and oxygen atoms in total. The molecule has 0 fully saturated rings. The lowest BCUT2D eigenvalue weighted by atomic mass is 10.1. The molecule has 0 radical (unpaired) electrons. The number of aromatic nitrogens is 1. The Balaban J connectivity index is 1.14. The van der Waals surface area contributed by atoms with Gasteiger partial charge in [0.15, 0.2) is 5.58 Å². The van der Waals surface area contributed by atoms with Gasteiger partial charge in [0.05, 0.1) is 12.3 Å². The van der Waals surface area contributed by atoms with E-state index in [9.17, 15) is 9.59 Å². The molecule has 7 heteroatoms. The van der Waals surface area contributed by atoms with Crippen LogP contribution in [-0.4, -0.2) is 34.1 Å². The highest BCUT2D eigenvalue weighted by molar-refractivity contribution is 6.02. The predicted octanol–water partition coefficient (Wildman–Crippen LogP) is 4.85. The zero-order valence-electron chi connectivity index (χ0n) is 17.9. The number of hydrazone groups is 1. The summed E-state index contributed by atoms with van der Waals surface area (Å²) in [6.07, 6.45) is 0.922. The molecule has 0 unspecified atom stereocenters. The Bertz CT molecular complexity index is 1290. The van der Waals surface area contributed by atoms with Gasteiger partial charge in [-0.2, -0.15) is 5.10 Å². The van der Waals surface area contributed by atoms with Crippen LogP contribution in [0, 0.1) is 0 Å². The minimum Gasteiger partial charge on any atom is -0.436 e. The number of fused-ring (bicyclic) bond motifs is 1. The first-order valence-corrected chi connectivity index (χ1v) is 10.8. The van der Waals surface area contributed by atoms with E-state index in [0.717, 1.165) is 27.9 Å². The number of hydrogen-bond acceptors (Lipinski definition) is 5. The molecule has 2 amide bonds. The Kier molecular flexibility index (Phi) is 5.68. The van der Waals surface area contributed by atoms with E-state index in [1.54, 1.807) is 12.1 Å². The maximum absolute atomic E-state index is 12.5. The summed E-state index contributed by atoms with van der Waals surface area (Å²) in [6, 6.07) is 24.7. The third kappa shape index (κ3) is 4.67. The van der Waals surface area contributed by atoms with Gasteiger partial charge in [0.25, 0.3) is 0 Å². The second kappa shape index (κ2) is 9.08. The molecule has 1 N–H and O–H groups in total. The van der Waals surface area contributed by atoms with Crippen molar-refractivity contribution in [2.45, 2.75) is 19.3 Å². The van der Waals surface area contributed by atoms with Gasteiger partial charge in [-0.05, 0) is 42.0 Å². The number of amides is 2. The Morgan fingerprint density at radius 2 is 1.64 bits per heavy atom. The smallest absolute Gasteiger partial charge is 0.243 e. The molecular weight excluding hydrogens is 416 g/mol. The van der Waals surface area contributed by atoms with Crippen LogP contribution in [0.25, 0.3) is 22.6 Å². The average Bonchev–Trinajstić information content (AvgIpc) is 3.51. The molecule has 3 aromatic carbocycles. The number of rotatable bonds is 6. The summed E-state index contributed by atoms with van der Waals surface area (Å²) in [4.78, 5) is 29.3. The van der Waals surface area contributed by atoms with Gasteiger partial charge in [-0.3, -0.25) is 9.59 Å². The standard InChI is InChI=1S/C26H22N4O3/c31-24(14-15-25(32)30-17-16-21(29-30)18-6-2-1-3-7-18)27-20-12-10-19(11-13-20)26-28-22-8-4-5-9-23(22)33-26/h1-13H,14-17H2,(H,27,31). The van der Waals surface area contributed by atoms with Gasteiger partial charge in [-0.15, -0.1) is 0 Å². The number of oxazole rings is 1. The fourth-order valence-corrected chi connectivity index (χ4v) is 3.74. The molecule has 164 valence electrons. The van der Waals surface area contributed by atoms with Gasteiger partial charge in [0.1, 0.15) is 5.52 Å². The lowest BCUT2D eigenvalue weighted by Crippen LogP contribution is -2.24. The number of carbonyl (C=O) groups excluding carboxylic acids is 2. The van der Waals surface area contributed by atoms with E-state index in [1.807, 2.05) is 66.7 Å². The monoisotopic (exact) mass is 438 g/mol. The highest BCUT2D eigenvalue weighted by Gasteiger charge is 2.22. The highest BCUT2D eigenvalue weighted by Crippen LogP contribution is 2.25. The maximum atomic E-state index is 12.5. The number of para-hydroxylation sites is 2. The summed E-state index contributed by atoms with van der Waals surface area (Å²) < 4.78 is 5.77. The van der Waals surface area contributed by atoms with Crippen molar-refractivity contribution < 1.29 is 14.0 Å². The van der Waals surface area contributed by atoms with E-state index in [1.165, 1.54) is 5.01 Å². The minimum absolute atomic E-state index is 0.0956. The van der Waals surface area contributed by atoms with Gasteiger partial charge in [-0.1, -0.05) is 42.5 Å². The quantitative estimate of drug-likeness (QED) is 0.466. The van der Waals surface area contributed by atoms with Crippen molar-refractivity contribution in [1.29, 1.82) is 0 Å². The molecule has 4 aromatic rings. The molecule has 0 spiro atoms. The number of nitrogens with zero attached hydrogens (tertiary/aromatic N) is 3. The molecule has 1 aliphatic rings. The van der Waals surface area contributed by atoms with Crippen molar-refractivity contribution in [2.75, 3.05) is 11.9 Å². The second-order valence-electron chi connectivity index (χ2n) is 7.79. The topological polar surface area (TPSA) is 87.8 Å².